The monoisotopic (exact) mass is 649 g/mol. The zero-order chi connectivity index (χ0) is 28.6. The third-order valence-electron chi connectivity index (χ3n) is 3.49. The topological polar surface area (TPSA) is 389 Å². The van der Waals surface area contributed by atoms with Gasteiger partial charge in [0.05, 0.1) is 6.54 Å². The number of nitrogens with zero attached hydrogens (tertiary/aromatic N) is 2. The summed E-state index contributed by atoms with van der Waals surface area (Å²) >= 11 is 0. The number of hydrogen-bond donors (Lipinski definition) is 4. The zero-order valence-corrected chi connectivity index (χ0v) is 22.8. The Morgan fingerprint density at radius 3 is 0.806 bits per heavy atom. The molecule has 0 aromatic heterocycles. The minimum absolute atomic E-state index is 0. The average Bonchev–Trinajstić information content (AvgIpc) is 2.64. The molecule has 0 saturated heterocycles. The van der Waals surface area contributed by atoms with Gasteiger partial charge in [0.15, 0.2) is 0 Å². The van der Waals surface area contributed by atoms with Crippen molar-refractivity contribution in [3.63, 3.8) is 0 Å². The van der Waals surface area contributed by atoms with Gasteiger partial charge in [-0.3, -0.25) is 0 Å². The van der Waals surface area contributed by atoms with Crippen LogP contribution in [0.4, 0.5) is 0 Å². The average molecular weight is 651 g/mol. The van der Waals surface area contributed by atoms with Crippen molar-refractivity contribution in [2.75, 3.05) is 65.4 Å². The van der Waals surface area contributed by atoms with Crippen molar-refractivity contribution >= 4 is 0 Å². The Kier molecular flexibility index (Phi) is 37.0. The van der Waals surface area contributed by atoms with Gasteiger partial charge in [-0.05, 0) is 58.5 Å². The minimum atomic E-state index is -4.94. The van der Waals surface area contributed by atoms with Crippen molar-refractivity contribution in [3.8, 4) is 0 Å². The van der Waals surface area contributed by atoms with Crippen molar-refractivity contribution in [1.82, 2.24) is 9.80 Å². The van der Waals surface area contributed by atoms with E-state index in [0.29, 0.717) is 0 Å². The predicted molar refractivity (Wildman–Crippen MR) is 86.3 cm³/mol. The van der Waals surface area contributed by atoms with Crippen LogP contribution in [0.2, 0.25) is 0 Å². The molecule has 0 aliphatic rings. The first-order valence-corrected chi connectivity index (χ1v) is 13.7. The van der Waals surface area contributed by atoms with Crippen LogP contribution in [0.5, 0.6) is 0 Å². The Balaban J connectivity index is -0.000000163. The Bertz CT molecular complexity index is 357. The number of rotatable bonds is 15. The molecule has 0 aromatic rings. The number of nitrogens with two attached hydrogens (primary N) is 3. The molecule has 0 amide bonds. The molecule has 0 rings (SSSR count). The van der Waals surface area contributed by atoms with Gasteiger partial charge in [0.2, 0.25) is 0 Å². The van der Waals surface area contributed by atoms with Crippen molar-refractivity contribution in [1.29, 1.82) is 0 Å². The summed E-state index contributed by atoms with van der Waals surface area (Å²) in [6, 6.07) is 0. The molecule has 0 heterocycles. The number of halogens is 3. The van der Waals surface area contributed by atoms with E-state index in [2.05, 4.69) is 15.5 Å². The molecule has 36 heavy (non-hydrogen) atoms. The van der Waals surface area contributed by atoms with E-state index in [1.165, 1.54) is 0 Å². The Morgan fingerprint density at radius 1 is 0.444 bits per heavy atom. The van der Waals surface area contributed by atoms with Crippen LogP contribution in [0.15, 0.2) is 0 Å². The molecule has 9 N–H and O–H groups in total. The van der Waals surface area contributed by atoms with E-state index in [4.69, 9.17) is 73.1 Å². The zero-order valence-electron chi connectivity index (χ0n) is 19.6. The second kappa shape index (κ2) is 28.7. The van der Waals surface area contributed by atoms with Gasteiger partial charge in [-0.2, -0.15) is 0 Å². The largest absolute Gasteiger partial charge is 2.00 e. The van der Waals surface area contributed by atoms with Crippen LogP contribution < -0.4 is 78.8 Å². The summed E-state index contributed by atoms with van der Waals surface area (Å²) in [7, 11) is -14.8. The summed E-state index contributed by atoms with van der Waals surface area (Å²) in [5.41, 5.74) is 20.8. The van der Waals surface area contributed by atoms with Gasteiger partial charge in [0, 0.05) is 26.1 Å². The predicted octanol–water partition coefficient (Wildman–Crippen LogP) is -16.0. The molecule has 0 aliphatic heterocycles. The molecule has 0 bridgehead atoms. The molecule has 1 radical (unpaired) electrons. The third-order valence-corrected chi connectivity index (χ3v) is 3.49. The molecule has 0 unspecified atom stereocenters. The molecule has 0 atom stereocenters. The van der Waals surface area contributed by atoms with E-state index in [-0.39, 0.29) is 17.1 Å². The molecule has 0 saturated carbocycles. The third kappa shape index (κ3) is 83.7. The fourth-order valence-electron chi connectivity index (χ4n) is 2.23. The van der Waals surface area contributed by atoms with Crippen molar-refractivity contribution in [2.24, 2.45) is 17.2 Å². The van der Waals surface area contributed by atoms with Crippen LogP contribution in [0.3, 0.4) is 0 Å². The van der Waals surface area contributed by atoms with Gasteiger partial charge in [-0.15, -0.1) is 30.7 Å². The summed E-state index contributed by atoms with van der Waals surface area (Å²) in [6.07, 6.45) is 4.36. The van der Waals surface area contributed by atoms with Crippen molar-refractivity contribution < 1.29 is 109 Å². The van der Waals surface area contributed by atoms with Gasteiger partial charge < -0.3 is 32.7 Å². The molecular weight excluding hydrogens is 614 g/mol. The quantitative estimate of drug-likeness (QED) is 0.119. The smallest absolute Gasteiger partial charge is 0.358 e. The summed E-state index contributed by atoms with van der Waals surface area (Å²) in [6.45, 7) is 9.89. The second-order valence-corrected chi connectivity index (χ2v) is 8.72. The Labute approximate surface area is 227 Å². The van der Waals surface area contributed by atoms with Crippen LogP contribution in [0.1, 0.15) is 25.7 Å². The van der Waals surface area contributed by atoms with Gasteiger partial charge in [-0.25, -0.2) is 55.9 Å². The standard InChI is InChI=1S/C14H36N6.3ClHO4.Cu/c15-5-1-9-19(10-2-6-16)13-14-20(11-3-7-17)12-4-8-18;3*2-1(3,4)5;/h1-18H2;3*(H,2,3,4,5);/q;;;;+2/p-2. The van der Waals surface area contributed by atoms with Gasteiger partial charge >= 0.3 is 17.1 Å². The maximum Gasteiger partial charge on any atom is 2.00 e. The first kappa shape index (κ1) is 46.5. The maximum absolute atomic E-state index is 8.49. The summed E-state index contributed by atoms with van der Waals surface area (Å²) < 4.78 is 102. The molecular formula is C14H37Cl3CuN6O12. The summed E-state index contributed by atoms with van der Waals surface area (Å²) in [4.78, 5) is 5.00. The van der Waals surface area contributed by atoms with Crippen molar-refractivity contribution in [3.05, 3.63) is 0 Å². The van der Waals surface area contributed by atoms with E-state index in [1.807, 2.05) is 0 Å². The van der Waals surface area contributed by atoms with Crippen molar-refractivity contribution in [2.45, 2.75) is 25.7 Å². The molecule has 0 aromatic carbocycles. The molecule has 0 aliphatic carbocycles. The first-order valence-electron chi connectivity index (χ1n) is 9.97. The summed E-state index contributed by atoms with van der Waals surface area (Å²) in [5.74, 6) is 0. The maximum atomic E-state index is 8.49. The fraction of sp³-hybridized carbons (Fsp3) is 1.00. The van der Waals surface area contributed by atoms with Crippen LogP contribution >= 0.6 is 0 Å². The van der Waals surface area contributed by atoms with Crippen LogP contribution in [-0.2, 0) is 17.1 Å². The molecule has 22 heteroatoms. The van der Waals surface area contributed by atoms with Gasteiger partial charge in [-0.1, -0.05) is 0 Å². The minimum Gasteiger partial charge on any atom is -0.358 e. The Morgan fingerprint density at radius 2 is 0.639 bits per heavy atom. The molecule has 0 fully saturated rings. The molecule has 18 nitrogen and oxygen atoms in total. The normalized spacial score (nSPS) is 11.5. The van der Waals surface area contributed by atoms with E-state index in [1.54, 1.807) is 0 Å². The van der Waals surface area contributed by atoms with Gasteiger partial charge in [0.1, 0.15) is 0 Å². The van der Waals surface area contributed by atoms with E-state index < -0.39 is 30.7 Å². The molecule has 0 spiro atoms. The summed E-state index contributed by atoms with van der Waals surface area (Å²) in [5, 5.41) is 0. The van der Waals surface area contributed by atoms with E-state index >= 15 is 0 Å². The van der Waals surface area contributed by atoms with Gasteiger partial charge in [0.25, 0.3) is 0 Å². The second-order valence-electron chi connectivity index (χ2n) is 6.45. The fourth-order valence-corrected chi connectivity index (χ4v) is 2.23. The number of quaternary nitrogens is 1. The Hall–Kier alpha value is 0.669. The van der Waals surface area contributed by atoms with E-state index in [0.717, 1.165) is 91.1 Å². The SMILES string of the molecule is NCCCN(CCCN)CCN(CCCN)CCC[NH3+].[Cu+2].[O-][Cl+3]([O-])([O-])[O-].[O-][Cl+3]([O-])([O-])[O-].[O-][Cl+3]([O-])([O-])[O-]. The first-order chi connectivity index (χ1) is 15.8. The van der Waals surface area contributed by atoms with Crippen LogP contribution in [-0.4, -0.2) is 75.2 Å². The van der Waals surface area contributed by atoms with Crippen LogP contribution in [0.25, 0.3) is 0 Å². The molecule has 227 valence electrons. The van der Waals surface area contributed by atoms with Crippen LogP contribution in [0, 0.1) is 30.7 Å². The number of hydrogen-bond acceptors (Lipinski definition) is 17. The van der Waals surface area contributed by atoms with E-state index in [9.17, 15) is 0 Å².